The number of nitrogens with zero attached hydrogens (tertiary/aromatic N) is 1. The van der Waals surface area contributed by atoms with Crippen LogP contribution in [-0.2, 0) is 41.6 Å². The number of hydrogen-bond acceptors (Lipinski definition) is 8. The fraction of sp³-hybridized carbons (Fsp3) is 0.346. The Morgan fingerprint density at radius 3 is 2.19 bits per heavy atom. The molecule has 1 aromatic carbocycles. The first kappa shape index (κ1) is 31.3. The predicted octanol–water partition coefficient (Wildman–Crippen LogP) is -1.72. The molecule has 0 spiro atoms. The Hall–Kier alpha value is -5.25. The molecule has 3 aromatic rings. The molecule has 0 saturated heterocycles. The topological polar surface area (TPSA) is 275 Å². The van der Waals surface area contributed by atoms with Crippen LogP contribution in [0, 0.1) is 0 Å². The van der Waals surface area contributed by atoms with Crippen molar-refractivity contribution in [2.75, 3.05) is 0 Å². The fourth-order valence-electron chi connectivity index (χ4n) is 4.21. The molecule has 224 valence electrons. The lowest BCUT2D eigenvalue weighted by molar-refractivity contribution is -0.143. The number of carbonyl (C=O) groups excluding carboxylic acids is 4. The molecule has 42 heavy (non-hydrogen) atoms. The van der Waals surface area contributed by atoms with Gasteiger partial charge in [-0.25, -0.2) is 9.78 Å². The molecule has 0 radical (unpaired) electrons. The highest BCUT2D eigenvalue weighted by Crippen LogP contribution is 2.19. The van der Waals surface area contributed by atoms with E-state index in [0.717, 1.165) is 10.9 Å². The SMILES string of the molecule is NC(=O)CCC(NC(=O)C(Cc1c[nH]c2ccccc12)NC(=O)C(CC(=O)O)NC(=O)C(N)Cc1cnc[nH]1)C(=O)O. The Balaban J connectivity index is 1.82. The van der Waals surface area contributed by atoms with Gasteiger partial charge in [0.2, 0.25) is 23.6 Å². The van der Waals surface area contributed by atoms with Gasteiger partial charge in [-0.15, -0.1) is 0 Å². The van der Waals surface area contributed by atoms with Crippen LogP contribution in [0.25, 0.3) is 10.9 Å². The minimum absolute atomic E-state index is 0.0285. The normalized spacial score (nSPS) is 13.8. The second kappa shape index (κ2) is 14.4. The van der Waals surface area contributed by atoms with Crippen LogP contribution in [0.15, 0.2) is 43.0 Å². The summed E-state index contributed by atoms with van der Waals surface area (Å²) >= 11 is 0. The Morgan fingerprint density at radius 2 is 1.55 bits per heavy atom. The van der Waals surface area contributed by atoms with Gasteiger partial charge in [0.1, 0.15) is 18.1 Å². The molecule has 0 aliphatic carbocycles. The maximum absolute atomic E-state index is 13.3. The molecule has 4 atom stereocenters. The molecule has 0 aliphatic rings. The number of para-hydroxylation sites is 1. The van der Waals surface area contributed by atoms with Gasteiger partial charge in [0, 0.05) is 48.3 Å². The van der Waals surface area contributed by atoms with Crippen molar-refractivity contribution in [2.24, 2.45) is 11.5 Å². The third-order valence-electron chi connectivity index (χ3n) is 6.37. The zero-order chi connectivity index (χ0) is 30.8. The van der Waals surface area contributed by atoms with Crippen molar-refractivity contribution in [3.63, 3.8) is 0 Å². The van der Waals surface area contributed by atoms with Gasteiger partial charge >= 0.3 is 11.9 Å². The van der Waals surface area contributed by atoms with Crippen LogP contribution in [0.3, 0.4) is 0 Å². The average molecular weight is 585 g/mol. The predicted molar refractivity (Wildman–Crippen MR) is 146 cm³/mol. The second-order valence-electron chi connectivity index (χ2n) is 9.58. The van der Waals surface area contributed by atoms with Crippen molar-refractivity contribution in [3.05, 3.63) is 54.2 Å². The number of aromatic nitrogens is 3. The van der Waals surface area contributed by atoms with Crippen LogP contribution in [0.2, 0.25) is 0 Å². The van der Waals surface area contributed by atoms with Crippen LogP contribution in [0.1, 0.15) is 30.5 Å². The number of carboxylic acids is 2. The molecule has 3 rings (SSSR count). The number of carbonyl (C=O) groups is 6. The first-order valence-corrected chi connectivity index (χ1v) is 12.9. The molecule has 16 nitrogen and oxygen atoms in total. The van der Waals surface area contributed by atoms with Crippen molar-refractivity contribution >= 4 is 46.5 Å². The van der Waals surface area contributed by atoms with Crippen molar-refractivity contribution in [1.29, 1.82) is 0 Å². The molecule has 4 unspecified atom stereocenters. The van der Waals surface area contributed by atoms with E-state index in [1.54, 1.807) is 30.5 Å². The highest BCUT2D eigenvalue weighted by atomic mass is 16.4. The molecular formula is C26H32N8O8. The lowest BCUT2D eigenvalue weighted by Crippen LogP contribution is -2.58. The minimum atomic E-state index is -1.62. The minimum Gasteiger partial charge on any atom is -0.481 e. The van der Waals surface area contributed by atoms with Crippen molar-refractivity contribution in [3.8, 4) is 0 Å². The number of imidazole rings is 1. The third-order valence-corrected chi connectivity index (χ3v) is 6.37. The highest BCUT2D eigenvalue weighted by Gasteiger charge is 2.32. The zero-order valence-corrected chi connectivity index (χ0v) is 22.3. The summed E-state index contributed by atoms with van der Waals surface area (Å²) in [6, 6.07) is 1.46. The molecule has 11 N–H and O–H groups in total. The smallest absolute Gasteiger partial charge is 0.326 e. The monoisotopic (exact) mass is 584 g/mol. The molecule has 16 heteroatoms. The van der Waals surface area contributed by atoms with Crippen molar-refractivity contribution in [1.82, 2.24) is 30.9 Å². The van der Waals surface area contributed by atoms with Crippen LogP contribution >= 0.6 is 0 Å². The number of rotatable bonds is 16. The van der Waals surface area contributed by atoms with Crippen LogP contribution in [0.4, 0.5) is 0 Å². The van der Waals surface area contributed by atoms with E-state index in [-0.39, 0.29) is 25.7 Å². The number of aliphatic carboxylic acids is 2. The number of carboxylic acid groups (broad SMARTS) is 2. The van der Waals surface area contributed by atoms with Gasteiger partial charge in [0.05, 0.1) is 18.8 Å². The van der Waals surface area contributed by atoms with Gasteiger partial charge in [0.25, 0.3) is 0 Å². The summed E-state index contributed by atoms with van der Waals surface area (Å²) in [4.78, 5) is 83.4. The Morgan fingerprint density at radius 1 is 0.881 bits per heavy atom. The van der Waals surface area contributed by atoms with Crippen LogP contribution in [0.5, 0.6) is 0 Å². The molecule has 2 aromatic heterocycles. The van der Waals surface area contributed by atoms with E-state index in [1.165, 1.54) is 12.5 Å². The molecule has 0 saturated carbocycles. The largest absolute Gasteiger partial charge is 0.481 e. The summed E-state index contributed by atoms with van der Waals surface area (Å²) in [5.74, 6) is -6.35. The van der Waals surface area contributed by atoms with Crippen molar-refractivity contribution in [2.45, 2.75) is 56.3 Å². The standard InChI is InChI=1S/C26H32N8O8/c27-16(8-14-11-29-12-31-14)23(38)33-20(9-22(36)37)25(40)34-19(7-13-10-30-17-4-2-1-3-15(13)17)24(39)32-18(26(41)42)5-6-21(28)35/h1-4,10-12,16,18-20,30H,5-9,27H2,(H2,28,35)(H,29,31)(H,32,39)(H,33,38)(H,34,40)(H,36,37)(H,41,42). The van der Waals surface area contributed by atoms with Gasteiger partial charge in [-0.3, -0.25) is 24.0 Å². The number of fused-ring (bicyclic) bond motifs is 1. The lowest BCUT2D eigenvalue weighted by Gasteiger charge is -2.24. The number of hydrogen-bond donors (Lipinski definition) is 9. The Kier molecular flexibility index (Phi) is 10.7. The highest BCUT2D eigenvalue weighted by molar-refractivity contribution is 5.96. The van der Waals surface area contributed by atoms with E-state index in [4.69, 9.17) is 11.5 Å². The number of nitrogens with two attached hydrogens (primary N) is 2. The number of amides is 4. The number of H-pyrrole nitrogens is 2. The number of primary amides is 1. The van der Waals surface area contributed by atoms with Crippen LogP contribution in [-0.4, -0.2) is 84.9 Å². The Bertz CT molecular complexity index is 1440. The second-order valence-corrected chi connectivity index (χ2v) is 9.58. The first-order valence-electron chi connectivity index (χ1n) is 12.9. The molecule has 0 aliphatic heterocycles. The number of aromatic amines is 2. The summed E-state index contributed by atoms with van der Waals surface area (Å²) in [5.41, 5.74) is 12.9. The van der Waals surface area contributed by atoms with E-state index < -0.39 is 66.2 Å². The molecule has 2 heterocycles. The number of benzene rings is 1. The van der Waals surface area contributed by atoms with E-state index in [2.05, 4.69) is 30.9 Å². The van der Waals surface area contributed by atoms with Crippen molar-refractivity contribution < 1.29 is 39.0 Å². The van der Waals surface area contributed by atoms with Gasteiger partial charge in [0.15, 0.2) is 0 Å². The zero-order valence-electron chi connectivity index (χ0n) is 22.3. The van der Waals surface area contributed by atoms with Gasteiger partial charge < -0.3 is 47.6 Å². The summed E-state index contributed by atoms with van der Waals surface area (Å²) in [6.45, 7) is 0. The van der Waals surface area contributed by atoms with Gasteiger partial charge in [-0.1, -0.05) is 18.2 Å². The van der Waals surface area contributed by atoms with Gasteiger partial charge in [-0.05, 0) is 18.1 Å². The van der Waals surface area contributed by atoms with E-state index in [9.17, 15) is 39.0 Å². The summed E-state index contributed by atoms with van der Waals surface area (Å²) in [7, 11) is 0. The van der Waals surface area contributed by atoms with E-state index >= 15 is 0 Å². The summed E-state index contributed by atoms with van der Waals surface area (Å²) in [6.07, 6.45) is 2.92. The lowest BCUT2D eigenvalue weighted by atomic mass is 10.0. The molecule has 0 bridgehead atoms. The third kappa shape index (κ3) is 8.88. The van der Waals surface area contributed by atoms with E-state index in [1.807, 2.05) is 0 Å². The first-order chi connectivity index (χ1) is 19.9. The summed E-state index contributed by atoms with van der Waals surface area (Å²) < 4.78 is 0. The molecular weight excluding hydrogens is 552 g/mol. The fourth-order valence-corrected chi connectivity index (χ4v) is 4.21. The maximum Gasteiger partial charge on any atom is 0.326 e. The molecule has 0 fully saturated rings. The Labute approximate surface area is 238 Å². The average Bonchev–Trinajstić information content (AvgIpc) is 3.59. The van der Waals surface area contributed by atoms with E-state index in [0.29, 0.717) is 11.3 Å². The molecule has 4 amide bonds. The van der Waals surface area contributed by atoms with Gasteiger partial charge in [-0.2, -0.15) is 0 Å². The van der Waals surface area contributed by atoms with Crippen LogP contribution < -0.4 is 27.4 Å². The number of nitrogens with one attached hydrogen (secondary N) is 5. The maximum atomic E-state index is 13.3. The quantitative estimate of drug-likeness (QED) is 0.0918. The summed E-state index contributed by atoms with van der Waals surface area (Å²) in [5, 5.41) is 26.7.